The van der Waals surface area contributed by atoms with Crippen LogP contribution in [-0.4, -0.2) is 20.7 Å². The Hall–Kier alpha value is -1.95. The normalized spacial score (nSPS) is 12.4. The zero-order valence-electron chi connectivity index (χ0n) is 12.7. The van der Waals surface area contributed by atoms with Crippen LogP contribution in [0, 0.1) is 17.6 Å². The first-order valence-corrected chi connectivity index (χ1v) is 7.29. The van der Waals surface area contributed by atoms with E-state index in [0.717, 1.165) is 11.4 Å². The van der Waals surface area contributed by atoms with E-state index in [1.807, 2.05) is 52.1 Å². The highest BCUT2D eigenvalue weighted by atomic mass is 32.1. The molecule has 2 aromatic rings. The average molecular weight is 304 g/mol. The van der Waals surface area contributed by atoms with E-state index in [2.05, 4.69) is 15.5 Å². The van der Waals surface area contributed by atoms with Crippen LogP contribution >= 0.6 is 12.2 Å². The van der Waals surface area contributed by atoms with Crippen molar-refractivity contribution in [3.63, 3.8) is 0 Å². The minimum atomic E-state index is -0.198. The zero-order chi connectivity index (χ0) is 15.6. The van der Waals surface area contributed by atoms with Crippen molar-refractivity contribution in [3.8, 4) is 0 Å². The molecule has 0 saturated heterocycles. The molecule has 1 atom stereocenters. The Bertz CT molecular complexity index is 702. The maximum Gasteiger partial charge on any atom is 0.251 e. The number of hydrogen-bond acceptors (Lipinski definition) is 3. The Morgan fingerprint density at radius 2 is 2.14 bits per heavy atom. The van der Waals surface area contributed by atoms with Crippen LogP contribution in [-0.2, 0) is 7.05 Å². The van der Waals surface area contributed by atoms with E-state index in [-0.39, 0.29) is 17.9 Å². The molecule has 0 spiro atoms. The molecule has 0 radical (unpaired) electrons. The summed E-state index contributed by atoms with van der Waals surface area (Å²) < 4.78 is 2.33. The van der Waals surface area contributed by atoms with Gasteiger partial charge in [0.05, 0.1) is 6.04 Å². The van der Waals surface area contributed by atoms with Crippen molar-refractivity contribution in [1.29, 1.82) is 0 Å². The van der Waals surface area contributed by atoms with Gasteiger partial charge in [-0.15, -0.1) is 0 Å². The fourth-order valence-corrected chi connectivity index (χ4v) is 2.32. The first kappa shape index (κ1) is 15.4. The van der Waals surface area contributed by atoms with Crippen LogP contribution in [0.25, 0.3) is 0 Å². The Morgan fingerprint density at radius 1 is 1.43 bits per heavy atom. The lowest BCUT2D eigenvalue weighted by molar-refractivity contribution is 0.0922. The largest absolute Gasteiger partial charge is 0.342 e. The molecule has 0 aliphatic carbocycles. The first-order valence-electron chi connectivity index (χ1n) is 6.89. The number of amides is 1. The molecular weight excluding hydrogens is 284 g/mol. The van der Waals surface area contributed by atoms with Gasteiger partial charge in [0, 0.05) is 12.6 Å². The van der Waals surface area contributed by atoms with E-state index in [1.165, 1.54) is 0 Å². The molecule has 1 aromatic carbocycles. The lowest BCUT2D eigenvalue weighted by atomic mass is 10.0. The standard InChI is InChI=1S/C15H20N4OS/c1-9(2)12(13-17-18-15(21)19(13)4)16-14(20)11-7-5-6-10(3)8-11/h5-9,12H,1-4H3,(H,16,20)(H,18,21)/t12-/m1/s1. The fraction of sp³-hybridized carbons (Fsp3) is 0.400. The molecule has 112 valence electrons. The minimum absolute atomic E-state index is 0.105. The lowest BCUT2D eigenvalue weighted by Crippen LogP contribution is -2.33. The van der Waals surface area contributed by atoms with Crippen LogP contribution in [0.5, 0.6) is 0 Å². The highest BCUT2D eigenvalue weighted by Crippen LogP contribution is 2.20. The van der Waals surface area contributed by atoms with Crippen LogP contribution in [0.1, 0.15) is 41.6 Å². The Kier molecular flexibility index (Phi) is 4.57. The summed E-state index contributed by atoms with van der Waals surface area (Å²) in [5.74, 6) is 0.824. The van der Waals surface area contributed by atoms with E-state index in [9.17, 15) is 4.79 Å². The van der Waals surface area contributed by atoms with Gasteiger partial charge in [-0.1, -0.05) is 31.5 Å². The number of aryl methyl sites for hydroxylation is 1. The quantitative estimate of drug-likeness (QED) is 0.854. The van der Waals surface area contributed by atoms with Gasteiger partial charge in [0.2, 0.25) is 0 Å². The number of carbonyl (C=O) groups is 1. The number of benzene rings is 1. The van der Waals surface area contributed by atoms with Crippen molar-refractivity contribution in [2.24, 2.45) is 13.0 Å². The van der Waals surface area contributed by atoms with Crippen molar-refractivity contribution in [1.82, 2.24) is 20.1 Å². The second kappa shape index (κ2) is 6.22. The van der Waals surface area contributed by atoms with Gasteiger partial charge in [-0.25, -0.2) is 0 Å². The SMILES string of the molecule is Cc1cccc(C(=O)N[C@@H](c2n[nH]c(=S)n2C)C(C)C)c1. The summed E-state index contributed by atoms with van der Waals surface area (Å²) >= 11 is 5.14. The third-order valence-electron chi connectivity index (χ3n) is 3.43. The smallest absolute Gasteiger partial charge is 0.251 e. The van der Waals surface area contributed by atoms with Crippen molar-refractivity contribution in [2.45, 2.75) is 26.8 Å². The molecule has 2 N–H and O–H groups in total. The van der Waals surface area contributed by atoms with Crippen LogP contribution in [0.4, 0.5) is 0 Å². The molecule has 0 aliphatic heterocycles. The third-order valence-corrected chi connectivity index (χ3v) is 3.79. The van der Waals surface area contributed by atoms with E-state index in [1.54, 1.807) is 4.57 Å². The third kappa shape index (κ3) is 3.39. The Balaban J connectivity index is 2.27. The minimum Gasteiger partial charge on any atom is -0.342 e. The second-order valence-corrected chi connectivity index (χ2v) is 5.90. The van der Waals surface area contributed by atoms with Crippen LogP contribution in [0.3, 0.4) is 0 Å². The van der Waals surface area contributed by atoms with E-state index in [4.69, 9.17) is 12.2 Å². The van der Waals surface area contributed by atoms with Gasteiger partial charge in [-0.2, -0.15) is 5.10 Å². The molecule has 0 unspecified atom stereocenters. The van der Waals surface area contributed by atoms with Crippen LogP contribution < -0.4 is 5.32 Å². The molecule has 2 rings (SSSR count). The fourth-order valence-electron chi connectivity index (χ4n) is 2.18. The van der Waals surface area contributed by atoms with Crippen LogP contribution in [0.2, 0.25) is 0 Å². The second-order valence-electron chi connectivity index (χ2n) is 5.51. The van der Waals surface area contributed by atoms with Gasteiger partial charge in [-0.3, -0.25) is 9.89 Å². The van der Waals surface area contributed by atoms with Gasteiger partial charge in [0.1, 0.15) is 0 Å². The van der Waals surface area contributed by atoms with Gasteiger partial charge >= 0.3 is 0 Å². The number of H-pyrrole nitrogens is 1. The number of carbonyl (C=O) groups excluding carboxylic acids is 1. The van der Waals surface area contributed by atoms with Gasteiger partial charge < -0.3 is 9.88 Å². The van der Waals surface area contributed by atoms with Gasteiger partial charge in [0.25, 0.3) is 5.91 Å². The predicted octanol–water partition coefficient (Wildman–Crippen LogP) is 2.91. The summed E-state index contributed by atoms with van der Waals surface area (Å²) in [5.41, 5.74) is 1.71. The molecule has 1 heterocycles. The van der Waals surface area contributed by atoms with Crippen molar-refractivity contribution in [2.75, 3.05) is 0 Å². The van der Waals surface area contributed by atoms with Crippen molar-refractivity contribution in [3.05, 3.63) is 46.0 Å². The lowest BCUT2D eigenvalue weighted by Gasteiger charge is -2.21. The average Bonchev–Trinajstić information content (AvgIpc) is 2.76. The molecule has 1 amide bonds. The Morgan fingerprint density at radius 3 is 2.67 bits per heavy atom. The maximum absolute atomic E-state index is 12.4. The van der Waals surface area contributed by atoms with Crippen molar-refractivity contribution < 1.29 is 4.79 Å². The van der Waals surface area contributed by atoms with E-state index >= 15 is 0 Å². The van der Waals surface area contributed by atoms with Gasteiger partial charge in [0.15, 0.2) is 10.6 Å². The summed E-state index contributed by atoms with van der Waals surface area (Å²) in [6.45, 7) is 6.05. The molecule has 0 bridgehead atoms. The highest BCUT2D eigenvalue weighted by molar-refractivity contribution is 7.71. The number of hydrogen-bond donors (Lipinski definition) is 2. The van der Waals surface area contributed by atoms with E-state index in [0.29, 0.717) is 10.3 Å². The number of nitrogens with one attached hydrogen (secondary N) is 2. The van der Waals surface area contributed by atoms with Crippen molar-refractivity contribution >= 4 is 18.1 Å². The number of aromatic amines is 1. The summed E-state index contributed by atoms with van der Waals surface area (Å²) in [4.78, 5) is 12.4. The molecule has 21 heavy (non-hydrogen) atoms. The molecular formula is C15H20N4OS. The van der Waals surface area contributed by atoms with Crippen LogP contribution in [0.15, 0.2) is 24.3 Å². The summed E-state index contributed by atoms with van der Waals surface area (Å²) in [6, 6.07) is 7.33. The monoisotopic (exact) mass is 304 g/mol. The van der Waals surface area contributed by atoms with Gasteiger partial charge in [-0.05, 0) is 37.2 Å². The maximum atomic E-state index is 12.4. The van der Waals surface area contributed by atoms with E-state index < -0.39 is 0 Å². The zero-order valence-corrected chi connectivity index (χ0v) is 13.5. The molecule has 0 fully saturated rings. The number of aromatic nitrogens is 3. The molecule has 1 aromatic heterocycles. The molecule has 0 saturated carbocycles. The predicted molar refractivity (Wildman–Crippen MR) is 84.6 cm³/mol. The Labute approximate surface area is 129 Å². The first-order chi connectivity index (χ1) is 9.90. The molecule has 0 aliphatic rings. The molecule has 6 heteroatoms. The summed E-state index contributed by atoms with van der Waals surface area (Å²) in [5, 5.41) is 10.0. The molecule has 5 nitrogen and oxygen atoms in total. The number of rotatable bonds is 4. The summed E-state index contributed by atoms with van der Waals surface area (Å²) in [7, 11) is 1.84. The topological polar surface area (TPSA) is 62.7 Å². The number of nitrogens with zero attached hydrogens (tertiary/aromatic N) is 2. The highest BCUT2D eigenvalue weighted by Gasteiger charge is 2.23. The summed E-state index contributed by atoms with van der Waals surface area (Å²) in [6.07, 6.45) is 0.